The Labute approximate surface area is 159 Å². The molecule has 0 aromatic rings. The Morgan fingerprint density at radius 2 is 1.69 bits per heavy atom. The molecule has 1 amide bonds. The number of nitrogens with one attached hydrogen (secondary N) is 1. The first-order valence-electron chi connectivity index (χ1n) is 9.24. The van der Waals surface area contributed by atoms with Crippen LogP contribution in [0, 0.1) is 11.8 Å². The minimum absolute atomic E-state index is 0.0295. The zero-order valence-electron chi connectivity index (χ0n) is 16.0. The molecule has 2 N–H and O–H groups in total. The van der Waals surface area contributed by atoms with Crippen molar-refractivity contribution in [2.75, 3.05) is 6.54 Å². The van der Waals surface area contributed by atoms with Crippen molar-refractivity contribution in [3.8, 4) is 0 Å². The van der Waals surface area contributed by atoms with Gasteiger partial charge in [0.05, 0.1) is 5.92 Å². The number of carbonyl (C=O) groups is 3. The van der Waals surface area contributed by atoms with Crippen LogP contribution in [-0.2, 0) is 19.1 Å². The van der Waals surface area contributed by atoms with Gasteiger partial charge in [0.15, 0.2) is 0 Å². The number of carbonyl (C=O) groups excluding carboxylic acids is 2. The van der Waals surface area contributed by atoms with Crippen LogP contribution in [0.25, 0.3) is 0 Å². The van der Waals surface area contributed by atoms with Gasteiger partial charge in [0.25, 0.3) is 6.29 Å². The summed E-state index contributed by atoms with van der Waals surface area (Å²) in [4.78, 5) is 35.2. The molecule has 0 spiro atoms. The van der Waals surface area contributed by atoms with Crippen LogP contribution >= 0.6 is 11.8 Å². The Morgan fingerprint density at radius 3 is 2.19 bits per heavy atom. The molecular formula is C18H31NO6S. The smallest absolute Gasteiger partial charge is 0.410 e. The molecule has 0 heterocycles. The van der Waals surface area contributed by atoms with Crippen LogP contribution < -0.4 is 5.32 Å². The number of thioether (sulfide) groups is 1. The van der Waals surface area contributed by atoms with Crippen LogP contribution in [0.2, 0.25) is 0 Å². The van der Waals surface area contributed by atoms with Gasteiger partial charge in [0, 0.05) is 17.7 Å². The maximum atomic E-state index is 12.0. The first kappa shape index (κ1) is 22.6. The van der Waals surface area contributed by atoms with Crippen LogP contribution in [0.3, 0.4) is 0 Å². The highest BCUT2D eigenvalue weighted by atomic mass is 32.2. The van der Waals surface area contributed by atoms with Crippen molar-refractivity contribution in [3.05, 3.63) is 0 Å². The fraction of sp³-hybridized carbons (Fsp3) is 0.833. The summed E-state index contributed by atoms with van der Waals surface area (Å²) in [7, 11) is 0. The summed E-state index contributed by atoms with van der Waals surface area (Å²) >= 11 is 1.40. The molecule has 0 saturated heterocycles. The Balaban J connectivity index is 2.49. The molecule has 8 heteroatoms. The minimum atomic E-state index is -1.00. The molecule has 0 bridgehead atoms. The molecule has 1 rings (SSSR count). The van der Waals surface area contributed by atoms with Gasteiger partial charge in [-0.1, -0.05) is 47.0 Å². The Hall–Kier alpha value is -1.44. The zero-order valence-corrected chi connectivity index (χ0v) is 16.8. The molecule has 0 radical (unpaired) electrons. The molecule has 0 aliphatic heterocycles. The summed E-state index contributed by atoms with van der Waals surface area (Å²) in [6.45, 7) is 6.90. The lowest BCUT2D eigenvalue weighted by molar-refractivity contribution is -0.178. The topological polar surface area (TPSA) is 102 Å². The third kappa shape index (κ3) is 8.29. The molecule has 0 aromatic heterocycles. The van der Waals surface area contributed by atoms with E-state index in [9.17, 15) is 19.5 Å². The normalized spacial score (nSPS) is 17.6. The summed E-state index contributed by atoms with van der Waals surface area (Å²) in [5, 5.41) is 11.5. The van der Waals surface area contributed by atoms with Crippen LogP contribution in [0.4, 0.5) is 4.79 Å². The molecule has 150 valence electrons. The van der Waals surface area contributed by atoms with Crippen LogP contribution in [-0.4, -0.2) is 46.5 Å². The molecule has 0 aromatic carbocycles. The molecule has 7 nitrogen and oxygen atoms in total. The lowest BCUT2D eigenvalue weighted by atomic mass is 10.0. The SMILES string of the molecule is CC(C)C(=O)O[C@@H](OC(=O)NC[C@H](SC1CCCCC1)C(=O)O)C(C)C. The van der Waals surface area contributed by atoms with Gasteiger partial charge in [-0.05, 0) is 12.8 Å². The number of aliphatic carboxylic acids is 1. The van der Waals surface area contributed by atoms with E-state index in [1.807, 2.05) is 0 Å². The lowest BCUT2D eigenvalue weighted by Gasteiger charge is -2.25. The maximum absolute atomic E-state index is 12.0. The van der Waals surface area contributed by atoms with E-state index in [0.29, 0.717) is 5.25 Å². The van der Waals surface area contributed by atoms with Gasteiger partial charge < -0.3 is 19.9 Å². The maximum Gasteiger partial charge on any atom is 0.410 e. The molecule has 2 atom stereocenters. The second-order valence-electron chi connectivity index (χ2n) is 7.21. The van der Waals surface area contributed by atoms with Crippen LogP contribution in [0.5, 0.6) is 0 Å². The number of rotatable bonds is 9. The van der Waals surface area contributed by atoms with E-state index in [4.69, 9.17) is 9.47 Å². The third-order valence-electron chi connectivity index (χ3n) is 4.09. The van der Waals surface area contributed by atoms with Crippen molar-refractivity contribution in [2.45, 2.75) is 76.6 Å². The van der Waals surface area contributed by atoms with Crippen LogP contribution in [0.15, 0.2) is 0 Å². The number of alkyl carbamates (subject to hydrolysis) is 1. The molecule has 1 aliphatic rings. The second kappa shape index (κ2) is 11.3. The van der Waals surface area contributed by atoms with E-state index in [1.165, 1.54) is 18.2 Å². The average molecular weight is 390 g/mol. The second-order valence-corrected chi connectivity index (χ2v) is 8.72. The molecule has 1 aliphatic carbocycles. The van der Waals surface area contributed by atoms with E-state index in [-0.39, 0.29) is 18.4 Å². The summed E-state index contributed by atoms with van der Waals surface area (Å²) < 4.78 is 10.3. The quantitative estimate of drug-likeness (QED) is 0.460. The first-order valence-corrected chi connectivity index (χ1v) is 10.2. The van der Waals surface area contributed by atoms with Gasteiger partial charge in [-0.2, -0.15) is 0 Å². The van der Waals surface area contributed by atoms with Gasteiger partial charge in [0.1, 0.15) is 5.25 Å². The molecule has 1 fully saturated rings. The summed E-state index contributed by atoms with van der Waals surface area (Å²) in [6, 6.07) is 0. The molecule has 0 unspecified atom stereocenters. The largest absolute Gasteiger partial charge is 0.480 e. The summed E-state index contributed by atoms with van der Waals surface area (Å²) in [6.07, 6.45) is 3.69. The van der Waals surface area contributed by atoms with E-state index in [2.05, 4.69) is 5.32 Å². The Kier molecular flexibility index (Phi) is 9.83. The van der Waals surface area contributed by atoms with Crippen LogP contribution in [0.1, 0.15) is 59.8 Å². The number of ether oxygens (including phenoxy) is 2. The standard InChI is InChI=1S/C18H31NO6S/c1-11(2)16(22)24-17(12(3)4)25-18(23)19-10-14(15(20)21)26-13-8-6-5-7-9-13/h11-14,17H,5-10H2,1-4H3,(H,19,23)(H,20,21)/t14-,17-/m0/s1. The van der Waals surface area contributed by atoms with Crippen molar-refractivity contribution >= 4 is 29.8 Å². The highest BCUT2D eigenvalue weighted by molar-refractivity contribution is 8.01. The van der Waals surface area contributed by atoms with E-state index in [0.717, 1.165) is 25.7 Å². The number of hydrogen-bond donors (Lipinski definition) is 2. The van der Waals surface area contributed by atoms with Gasteiger partial charge in [-0.15, -0.1) is 11.8 Å². The van der Waals surface area contributed by atoms with E-state index in [1.54, 1.807) is 27.7 Å². The Bertz CT molecular complexity index is 476. The highest BCUT2D eigenvalue weighted by Crippen LogP contribution is 2.31. The highest BCUT2D eigenvalue weighted by Gasteiger charge is 2.27. The summed E-state index contributed by atoms with van der Waals surface area (Å²) in [5.74, 6) is -1.94. The van der Waals surface area contributed by atoms with Crippen molar-refractivity contribution in [3.63, 3.8) is 0 Å². The fourth-order valence-electron chi connectivity index (χ4n) is 2.50. The molecule has 26 heavy (non-hydrogen) atoms. The van der Waals surface area contributed by atoms with Crippen molar-refractivity contribution in [2.24, 2.45) is 11.8 Å². The number of carboxylic acid groups (broad SMARTS) is 1. The predicted molar refractivity (Wildman–Crippen MR) is 99.9 cm³/mol. The number of carboxylic acids is 1. The molecule has 1 saturated carbocycles. The fourth-order valence-corrected chi connectivity index (χ4v) is 3.86. The number of esters is 1. The van der Waals surface area contributed by atoms with Gasteiger partial charge >= 0.3 is 18.0 Å². The Morgan fingerprint density at radius 1 is 1.08 bits per heavy atom. The van der Waals surface area contributed by atoms with Crippen molar-refractivity contribution < 1.29 is 29.0 Å². The molecular weight excluding hydrogens is 358 g/mol. The average Bonchev–Trinajstić information content (AvgIpc) is 2.58. The van der Waals surface area contributed by atoms with Crippen molar-refractivity contribution in [1.82, 2.24) is 5.32 Å². The number of hydrogen-bond acceptors (Lipinski definition) is 6. The predicted octanol–water partition coefficient (Wildman–Crippen LogP) is 3.41. The van der Waals surface area contributed by atoms with E-state index >= 15 is 0 Å². The third-order valence-corrected chi connectivity index (χ3v) is 5.64. The number of amides is 1. The monoisotopic (exact) mass is 389 g/mol. The summed E-state index contributed by atoms with van der Waals surface area (Å²) in [5.41, 5.74) is 0. The van der Waals surface area contributed by atoms with Gasteiger partial charge in [0.2, 0.25) is 0 Å². The van der Waals surface area contributed by atoms with E-state index < -0.39 is 29.6 Å². The first-order chi connectivity index (χ1) is 12.2. The van der Waals surface area contributed by atoms with Gasteiger partial charge in [-0.25, -0.2) is 4.79 Å². The zero-order chi connectivity index (χ0) is 19.7. The van der Waals surface area contributed by atoms with Crippen molar-refractivity contribution in [1.29, 1.82) is 0 Å². The minimum Gasteiger partial charge on any atom is -0.480 e. The lowest BCUT2D eigenvalue weighted by Crippen LogP contribution is -2.40. The van der Waals surface area contributed by atoms with Gasteiger partial charge in [-0.3, -0.25) is 9.59 Å².